The maximum atomic E-state index is 13.5. The molecule has 26 heavy (non-hydrogen) atoms. The van der Waals surface area contributed by atoms with Gasteiger partial charge < -0.3 is 0 Å². The highest BCUT2D eigenvalue weighted by molar-refractivity contribution is 6.17. The summed E-state index contributed by atoms with van der Waals surface area (Å²) in [6, 6.07) is 22.1. The Balaban J connectivity index is 2.00. The molecule has 0 N–H and O–H groups in total. The Morgan fingerprint density at radius 2 is 1.50 bits per heavy atom. The number of carbonyl (C=O) groups is 1. The summed E-state index contributed by atoms with van der Waals surface area (Å²) in [6.45, 7) is 6.49. The summed E-state index contributed by atoms with van der Waals surface area (Å²) >= 11 is 0. The van der Waals surface area contributed by atoms with Crippen LogP contribution in [0.1, 0.15) is 48.2 Å². The predicted octanol–water partition coefficient (Wildman–Crippen LogP) is 6.45. The van der Waals surface area contributed by atoms with Crippen LogP contribution in [0.15, 0.2) is 89.5 Å². The molecule has 1 heteroatoms. The van der Waals surface area contributed by atoms with Gasteiger partial charge in [-0.1, -0.05) is 89.5 Å². The van der Waals surface area contributed by atoms with Crippen molar-refractivity contribution < 1.29 is 4.79 Å². The fraction of sp³-hybridized carbons (Fsp3) is 0.160. The molecule has 0 amide bonds. The van der Waals surface area contributed by atoms with Gasteiger partial charge in [0.05, 0.1) is 0 Å². The van der Waals surface area contributed by atoms with E-state index in [2.05, 4.69) is 51.1 Å². The highest BCUT2D eigenvalue weighted by Crippen LogP contribution is 2.42. The van der Waals surface area contributed by atoms with Gasteiger partial charge in [-0.25, -0.2) is 0 Å². The lowest BCUT2D eigenvalue weighted by atomic mass is 9.82. The van der Waals surface area contributed by atoms with Crippen LogP contribution < -0.4 is 0 Å². The number of hydrogen-bond acceptors (Lipinski definition) is 1. The van der Waals surface area contributed by atoms with Crippen LogP contribution in [0.5, 0.6) is 0 Å². The molecule has 0 aliphatic heterocycles. The molecular weight excluding hydrogens is 316 g/mol. The van der Waals surface area contributed by atoms with Crippen LogP contribution >= 0.6 is 0 Å². The quantitative estimate of drug-likeness (QED) is 0.501. The molecule has 1 nitrogen and oxygen atoms in total. The van der Waals surface area contributed by atoms with Crippen molar-refractivity contribution in [1.29, 1.82) is 0 Å². The molecule has 0 aromatic heterocycles. The zero-order chi connectivity index (χ0) is 18.3. The second-order valence-corrected chi connectivity index (χ2v) is 7.13. The van der Waals surface area contributed by atoms with E-state index in [4.69, 9.17) is 0 Å². The minimum Gasteiger partial charge on any atom is -0.289 e. The lowest BCUT2D eigenvalue weighted by Crippen LogP contribution is -2.11. The Morgan fingerprint density at radius 1 is 0.808 bits per heavy atom. The smallest absolute Gasteiger partial charge is 0.193 e. The van der Waals surface area contributed by atoms with E-state index in [1.807, 2.05) is 42.5 Å². The van der Waals surface area contributed by atoms with Crippen LogP contribution in [0.3, 0.4) is 0 Å². The lowest BCUT2D eigenvalue weighted by molar-refractivity contribution is 0.103. The normalized spacial score (nSPS) is 16.9. The molecule has 3 aromatic carbocycles. The van der Waals surface area contributed by atoms with Crippen molar-refractivity contribution >= 4 is 16.6 Å². The topological polar surface area (TPSA) is 17.1 Å². The molecule has 3 aromatic rings. The van der Waals surface area contributed by atoms with E-state index in [9.17, 15) is 4.79 Å². The number of rotatable bonds is 3. The first-order valence-corrected chi connectivity index (χ1v) is 9.05. The average molecular weight is 338 g/mol. The van der Waals surface area contributed by atoms with Gasteiger partial charge in [0.25, 0.3) is 0 Å². The maximum Gasteiger partial charge on any atom is 0.193 e. The molecule has 0 fully saturated rings. The van der Waals surface area contributed by atoms with Gasteiger partial charge >= 0.3 is 0 Å². The van der Waals surface area contributed by atoms with Gasteiger partial charge in [0, 0.05) is 17.0 Å². The summed E-state index contributed by atoms with van der Waals surface area (Å²) in [5.74, 6) is 0.282. The van der Waals surface area contributed by atoms with Gasteiger partial charge in [-0.15, -0.1) is 0 Å². The molecule has 0 heterocycles. The molecule has 0 spiro atoms. The molecular formula is C25H22O. The molecule has 4 rings (SSSR count). The second kappa shape index (κ2) is 6.42. The first-order valence-electron chi connectivity index (χ1n) is 9.05. The van der Waals surface area contributed by atoms with Crippen LogP contribution in [-0.2, 0) is 0 Å². The molecule has 1 aliphatic carbocycles. The van der Waals surface area contributed by atoms with E-state index in [0.717, 1.165) is 27.5 Å². The standard InChI is InChI=1S/C25H22O/c1-16-15-17(2)23(18(16)3)22-14-13-19-9-7-8-12-21(19)24(22)25(26)20-10-5-4-6-11-20/h4-15,23H,1-3H3. The van der Waals surface area contributed by atoms with E-state index in [1.165, 1.54) is 16.7 Å². The van der Waals surface area contributed by atoms with Crippen LogP contribution in [0.25, 0.3) is 10.8 Å². The minimum absolute atomic E-state index is 0.0996. The Hall–Kier alpha value is -2.93. The summed E-state index contributed by atoms with van der Waals surface area (Å²) in [6.07, 6.45) is 2.24. The highest BCUT2D eigenvalue weighted by atomic mass is 16.1. The second-order valence-electron chi connectivity index (χ2n) is 7.13. The molecule has 1 atom stereocenters. The number of benzene rings is 3. The molecule has 0 saturated heterocycles. The monoisotopic (exact) mass is 338 g/mol. The first-order chi connectivity index (χ1) is 12.6. The Bertz CT molecular complexity index is 1070. The predicted molar refractivity (Wildman–Crippen MR) is 109 cm³/mol. The third-order valence-corrected chi connectivity index (χ3v) is 5.49. The van der Waals surface area contributed by atoms with Gasteiger partial charge in [0.15, 0.2) is 5.78 Å². The molecule has 0 radical (unpaired) electrons. The maximum absolute atomic E-state index is 13.5. The van der Waals surface area contributed by atoms with E-state index >= 15 is 0 Å². The molecule has 1 unspecified atom stereocenters. The van der Waals surface area contributed by atoms with Gasteiger partial charge in [-0.05, 0) is 37.1 Å². The number of carbonyl (C=O) groups excluding carboxylic acids is 1. The van der Waals surface area contributed by atoms with Crippen LogP contribution in [0.2, 0.25) is 0 Å². The van der Waals surface area contributed by atoms with E-state index in [1.54, 1.807) is 0 Å². The van der Waals surface area contributed by atoms with Gasteiger partial charge in [0.1, 0.15) is 0 Å². The first kappa shape index (κ1) is 16.5. The van der Waals surface area contributed by atoms with E-state index < -0.39 is 0 Å². The summed E-state index contributed by atoms with van der Waals surface area (Å²) in [7, 11) is 0. The largest absolute Gasteiger partial charge is 0.289 e. The number of hydrogen-bond donors (Lipinski definition) is 0. The zero-order valence-corrected chi connectivity index (χ0v) is 15.4. The van der Waals surface area contributed by atoms with Crippen molar-refractivity contribution in [3.8, 4) is 0 Å². The zero-order valence-electron chi connectivity index (χ0n) is 15.4. The molecule has 128 valence electrons. The van der Waals surface area contributed by atoms with Crippen molar-refractivity contribution in [3.05, 3.63) is 106 Å². The fourth-order valence-electron chi connectivity index (χ4n) is 4.10. The Kier molecular flexibility index (Phi) is 4.08. The van der Waals surface area contributed by atoms with Crippen LogP contribution in [0.4, 0.5) is 0 Å². The van der Waals surface area contributed by atoms with E-state index in [-0.39, 0.29) is 11.7 Å². The van der Waals surface area contributed by atoms with Crippen LogP contribution in [0, 0.1) is 0 Å². The third-order valence-electron chi connectivity index (χ3n) is 5.49. The number of allylic oxidation sites excluding steroid dienone is 4. The average Bonchev–Trinajstić information content (AvgIpc) is 2.93. The van der Waals surface area contributed by atoms with Crippen molar-refractivity contribution in [2.45, 2.75) is 26.7 Å². The van der Waals surface area contributed by atoms with E-state index in [0.29, 0.717) is 0 Å². The van der Waals surface area contributed by atoms with Crippen molar-refractivity contribution in [1.82, 2.24) is 0 Å². The van der Waals surface area contributed by atoms with Gasteiger partial charge in [-0.2, -0.15) is 0 Å². The van der Waals surface area contributed by atoms with Crippen LogP contribution in [-0.4, -0.2) is 5.78 Å². The summed E-state index contributed by atoms with van der Waals surface area (Å²) in [5.41, 5.74) is 6.63. The molecule has 1 aliphatic rings. The molecule has 0 saturated carbocycles. The third kappa shape index (κ3) is 2.61. The molecule has 0 bridgehead atoms. The number of ketones is 1. The fourth-order valence-corrected chi connectivity index (χ4v) is 4.10. The summed E-state index contributed by atoms with van der Waals surface area (Å²) in [5, 5.41) is 2.14. The van der Waals surface area contributed by atoms with Crippen molar-refractivity contribution in [2.75, 3.05) is 0 Å². The Labute approximate surface area is 154 Å². The van der Waals surface area contributed by atoms with Gasteiger partial charge in [0.2, 0.25) is 0 Å². The van der Waals surface area contributed by atoms with Gasteiger partial charge in [-0.3, -0.25) is 4.79 Å². The summed E-state index contributed by atoms with van der Waals surface area (Å²) < 4.78 is 0. The SMILES string of the molecule is CC1=CC(C)=C(C)C1c1ccc2ccccc2c1C(=O)c1ccccc1. The lowest BCUT2D eigenvalue weighted by Gasteiger charge is -2.21. The Morgan fingerprint density at radius 3 is 2.19 bits per heavy atom. The summed E-state index contributed by atoms with van der Waals surface area (Å²) in [4.78, 5) is 13.5. The highest BCUT2D eigenvalue weighted by Gasteiger charge is 2.28. The van der Waals surface area contributed by atoms with Crippen molar-refractivity contribution in [2.24, 2.45) is 0 Å². The van der Waals surface area contributed by atoms with Crippen molar-refractivity contribution in [3.63, 3.8) is 0 Å². The minimum atomic E-state index is 0.0996. The number of fused-ring (bicyclic) bond motifs is 1.